The summed E-state index contributed by atoms with van der Waals surface area (Å²) < 4.78 is 5.27. The molecule has 1 aromatic carbocycles. The molecular formula is C15H20N2O4. The summed E-state index contributed by atoms with van der Waals surface area (Å²) in [4.78, 5) is 22.5. The lowest BCUT2D eigenvalue weighted by Crippen LogP contribution is -2.36. The lowest BCUT2D eigenvalue weighted by Gasteiger charge is -2.14. The van der Waals surface area contributed by atoms with Crippen molar-refractivity contribution < 1.29 is 19.4 Å². The zero-order chi connectivity index (χ0) is 15.2. The average molecular weight is 292 g/mol. The highest BCUT2D eigenvalue weighted by Gasteiger charge is 2.25. The Hall–Kier alpha value is -2.08. The topological polar surface area (TPSA) is 87.7 Å². The van der Waals surface area contributed by atoms with Gasteiger partial charge >= 0.3 is 12.0 Å². The quantitative estimate of drug-likeness (QED) is 0.774. The van der Waals surface area contributed by atoms with Gasteiger partial charge in [0, 0.05) is 18.8 Å². The molecule has 2 unspecified atom stereocenters. The molecule has 3 N–H and O–H groups in total. The van der Waals surface area contributed by atoms with E-state index in [0.29, 0.717) is 11.3 Å². The molecule has 1 fully saturated rings. The van der Waals surface area contributed by atoms with E-state index >= 15 is 0 Å². The second-order valence-electron chi connectivity index (χ2n) is 5.23. The lowest BCUT2D eigenvalue weighted by atomic mass is 10.1. The number of urea groups is 1. The molecule has 2 rings (SSSR count). The minimum Gasteiger partial charge on any atom is -0.481 e. The SMILES string of the molecule is COC1CCC(NC(=O)Nc2ccc(CC(=O)O)cc2)C1. The summed E-state index contributed by atoms with van der Waals surface area (Å²) in [5, 5.41) is 14.4. The second kappa shape index (κ2) is 7.08. The number of methoxy groups -OCH3 is 1. The van der Waals surface area contributed by atoms with Gasteiger partial charge in [-0.05, 0) is 37.0 Å². The van der Waals surface area contributed by atoms with E-state index in [2.05, 4.69) is 10.6 Å². The highest BCUT2D eigenvalue weighted by atomic mass is 16.5. The molecule has 0 bridgehead atoms. The van der Waals surface area contributed by atoms with Crippen molar-refractivity contribution in [3.8, 4) is 0 Å². The Bertz CT molecular complexity index is 501. The number of aliphatic carboxylic acids is 1. The Labute approximate surface area is 123 Å². The number of carboxylic acids is 1. The van der Waals surface area contributed by atoms with Crippen molar-refractivity contribution in [3.05, 3.63) is 29.8 Å². The van der Waals surface area contributed by atoms with Crippen molar-refractivity contribution in [3.63, 3.8) is 0 Å². The van der Waals surface area contributed by atoms with E-state index in [1.807, 2.05) is 0 Å². The molecule has 1 saturated carbocycles. The first-order valence-corrected chi connectivity index (χ1v) is 6.98. The van der Waals surface area contributed by atoms with Crippen LogP contribution in [0.3, 0.4) is 0 Å². The normalized spacial score (nSPS) is 21.0. The number of carboxylic acid groups (broad SMARTS) is 1. The number of carbonyl (C=O) groups excluding carboxylic acids is 1. The van der Waals surface area contributed by atoms with Gasteiger partial charge in [-0.3, -0.25) is 4.79 Å². The van der Waals surface area contributed by atoms with E-state index in [4.69, 9.17) is 9.84 Å². The first-order valence-electron chi connectivity index (χ1n) is 6.98. The van der Waals surface area contributed by atoms with Gasteiger partial charge in [0.25, 0.3) is 0 Å². The summed E-state index contributed by atoms with van der Waals surface area (Å²) in [5.74, 6) is -0.873. The van der Waals surface area contributed by atoms with Gasteiger partial charge in [0.2, 0.25) is 0 Å². The van der Waals surface area contributed by atoms with Crippen LogP contribution in [0.5, 0.6) is 0 Å². The summed E-state index contributed by atoms with van der Waals surface area (Å²) >= 11 is 0. The van der Waals surface area contributed by atoms with E-state index in [9.17, 15) is 9.59 Å². The molecule has 0 aliphatic heterocycles. The van der Waals surface area contributed by atoms with Crippen molar-refractivity contribution in [2.75, 3.05) is 12.4 Å². The smallest absolute Gasteiger partial charge is 0.319 e. The Balaban J connectivity index is 1.81. The van der Waals surface area contributed by atoms with Gasteiger partial charge in [-0.1, -0.05) is 12.1 Å². The largest absolute Gasteiger partial charge is 0.481 e. The van der Waals surface area contributed by atoms with Crippen LogP contribution >= 0.6 is 0 Å². The molecule has 0 spiro atoms. The first kappa shape index (κ1) is 15.3. The number of hydrogen-bond donors (Lipinski definition) is 3. The summed E-state index contributed by atoms with van der Waals surface area (Å²) in [5.41, 5.74) is 1.34. The lowest BCUT2D eigenvalue weighted by molar-refractivity contribution is -0.136. The number of rotatable bonds is 5. The van der Waals surface area contributed by atoms with Crippen LogP contribution in [-0.2, 0) is 16.0 Å². The van der Waals surface area contributed by atoms with Gasteiger partial charge in [-0.15, -0.1) is 0 Å². The van der Waals surface area contributed by atoms with Gasteiger partial charge in [0.15, 0.2) is 0 Å². The third-order valence-corrected chi connectivity index (χ3v) is 3.62. The second-order valence-corrected chi connectivity index (χ2v) is 5.23. The van der Waals surface area contributed by atoms with Gasteiger partial charge in [0.05, 0.1) is 12.5 Å². The zero-order valence-corrected chi connectivity index (χ0v) is 12.0. The summed E-state index contributed by atoms with van der Waals surface area (Å²) in [6, 6.07) is 6.68. The highest BCUT2D eigenvalue weighted by Crippen LogP contribution is 2.21. The van der Waals surface area contributed by atoms with Crippen LogP contribution in [0, 0.1) is 0 Å². The molecule has 1 aliphatic rings. The maximum atomic E-state index is 11.9. The molecule has 0 radical (unpaired) electrons. The van der Waals surface area contributed by atoms with E-state index in [-0.39, 0.29) is 24.6 Å². The fourth-order valence-corrected chi connectivity index (χ4v) is 2.52. The molecule has 1 aromatic rings. The predicted molar refractivity (Wildman–Crippen MR) is 78.4 cm³/mol. The molecule has 21 heavy (non-hydrogen) atoms. The van der Waals surface area contributed by atoms with Crippen LogP contribution in [0.2, 0.25) is 0 Å². The van der Waals surface area contributed by atoms with Crippen molar-refractivity contribution >= 4 is 17.7 Å². The number of anilines is 1. The molecule has 2 atom stereocenters. The molecule has 2 amide bonds. The number of amides is 2. The molecule has 0 aromatic heterocycles. The van der Waals surface area contributed by atoms with Crippen molar-refractivity contribution in [2.45, 2.75) is 37.8 Å². The van der Waals surface area contributed by atoms with E-state index in [1.54, 1.807) is 31.4 Å². The standard InChI is InChI=1S/C15H20N2O4/c1-21-13-7-6-12(9-13)17-15(20)16-11-4-2-10(3-5-11)8-14(18)19/h2-5,12-13H,6-9H2,1H3,(H,18,19)(H2,16,17,20). The fourth-order valence-electron chi connectivity index (χ4n) is 2.52. The zero-order valence-electron chi connectivity index (χ0n) is 12.0. The third-order valence-electron chi connectivity index (χ3n) is 3.62. The Morgan fingerprint density at radius 2 is 2.00 bits per heavy atom. The maximum absolute atomic E-state index is 11.9. The molecule has 6 nitrogen and oxygen atoms in total. The Morgan fingerprint density at radius 3 is 2.57 bits per heavy atom. The maximum Gasteiger partial charge on any atom is 0.319 e. The predicted octanol–water partition coefficient (Wildman–Crippen LogP) is 2.00. The molecule has 1 aliphatic carbocycles. The molecule has 6 heteroatoms. The third kappa shape index (κ3) is 4.75. The van der Waals surface area contributed by atoms with Crippen molar-refractivity contribution in [1.82, 2.24) is 5.32 Å². The highest BCUT2D eigenvalue weighted by molar-refractivity contribution is 5.89. The molecule has 114 valence electrons. The van der Waals surface area contributed by atoms with Crippen LogP contribution in [0.15, 0.2) is 24.3 Å². The van der Waals surface area contributed by atoms with Gasteiger partial charge in [0.1, 0.15) is 0 Å². The number of benzene rings is 1. The Morgan fingerprint density at radius 1 is 1.29 bits per heavy atom. The van der Waals surface area contributed by atoms with Crippen LogP contribution in [0.25, 0.3) is 0 Å². The summed E-state index contributed by atoms with van der Waals surface area (Å²) in [7, 11) is 1.69. The number of nitrogens with one attached hydrogen (secondary N) is 2. The number of carbonyl (C=O) groups is 2. The van der Waals surface area contributed by atoms with Crippen molar-refractivity contribution in [2.24, 2.45) is 0 Å². The average Bonchev–Trinajstić information content (AvgIpc) is 2.88. The van der Waals surface area contributed by atoms with Gasteiger partial charge in [-0.25, -0.2) is 4.79 Å². The van der Waals surface area contributed by atoms with E-state index < -0.39 is 5.97 Å². The summed E-state index contributed by atoms with van der Waals surface area (Å²) in [6.45, 7) is 0. The number of ether oxygens (including phenoxy) is 1. The van der Waals surface area contributed by atoms with Crippen LogP contribution in [0.1, 0.15) is 24.8 Å². The molecule has 0 saturated heterocycles. The molecule has 0 heterocycles. The van der Waals surface area contributed by atoms with E-state index in [1.165, 1.54) is 0 Å². The van der Waals surface area contributed by atoms with Crippen molar-refractivity contribution in [1.29, 1.82) is 0 Å². The van der Waals surface area contributed by atoms with Crippen LogP contribution < -0.4 is 10.6 Å². The summed E-state index contributed by atoms with van der Waals surface area (Å²) in [6.07, 6.45) is 2.93. The van der Waals surface area contributed by atoms with Crippen LogP contribution in [0.4, 0.5) is 10.5 Å². The van der Waals surface area contributed by atoms with Gasteiger partial charge in [-0.2, -0.15) is 0 Å². The Kier molecular flexibility index (Phi) is 5.16. The minimum atomic E-state index is -0.873. The van der Waals surface area contributed by atoms with Gasteiger partial charge < -0.3 is 20.5 Å². The van der Waals surface area contributed by atoms with E-state index in [0.717, 1.165) is 19.3 Å². The molecular weight excluding hydrogens is 272 g/mol. The van der Waals surface area contributed by atoms with Crippen LogP contribution in [-0.4, -0.2) is 36.4 Å². The number of hydrogen-bond acceptors (Lipinski definition) is 3. The minimum absolute atomic E-state index is 0.0209. The monoisotopic (exact) mass is 292 g/mol. The fraction of sp³-hybridized carbons (Fsp3) is 0.467. The first-order chi connectivity index (χ1) is 10.1.